The molecule has 5 nitrogen and oxygen atoms in total. The Morgan fingerprint density at radius 1 is 1.63 bits per heavy atom. The number of hydrogen-bond acceptors (Lipinski definition) is 5. The summed E-state index contributed by atoms with van der Waals surface area (Å²) in [6.07, 6.45) is 0.837. The maximum atomic E-state index is 11.6. The maximum Gasteiger partial charge on any atom is 0.234 e. The third-order valence-corrected chi connectivity index (χ3v) is 3.72. The summed E-state index contributed by atoms with van der Waals surface area (Å²) in [5.74, 6) is 0.467. The fraction of sp³-hybridized carbons (Fsp3) is 0.667. The Bertz CT molecular complexity index is 387. The molecule has 1 amide bonds. The van der Waals surface area contributed by atoms with Crippen LogP contribution in [0.25, 0.3) is 0 Å². The highest BCUT2D eigenvalue weighted by molar-refractivity contribution is 7.09. The lowest BCUT2D eigenvalue weighted by atomic mass is 10.4. The van der Waals surface area contributed by atoms with E-state index >= 15 is 0 Å². The molecule has 0 aliphatic rings. The number of halogens is 1. The minimum Gasteiger partial charge on any atom is -0.383 e. The molecule has 1 aromatic rings. The van der Waals surface area contributed by atoms with Gasteiger partial charge >= 0.3 is 0 Å². The highest BCUT2D eigenvalue weighted by atomic mass is 35.5. The van der Waals surface area contributed by atoms with Gasteiger partial charge in [-0.25, -0.2) is 4.98 Å². The van der Waals surface area contributed by atoms with Crippen LogP contribution in [0.5, 0.6) is 0 Å². The van der Waals surface area contributed by atoms with E-state index in [0.717, 1.165) is 23.7 Å². The van der Waals surface area contributed by atoms with Crippen LogP contribution in [-0.2, 0) is 21.8 Å². The lowest BCUT2D eigenvalue weighted by Gasteiger charge is -2.15. The Balaban J connectivity index is 2.19. The van der Waals surface area contributed by atoms with Gasteiger partial charge in [0.25, 0.3) is 0 Å². The number of aromatic nitrogens is 1. The number of nitrogens with one attached hydrogen (secondary N) is 1. The third-order valence-electron chi connectivity index (χ3n) is 2.49. The van der Waals surface area contributed by atoms with Gasteiger partial charge in [-0.15, -0.1) is 22.9 Å². The van der Waals surface area contributed by atoms with Crippen molar-refractivity contribution < 1.29 is 9.53 Å². The van der Waals surface area contributed by atoms with E-state index in [0.29, 0.717) is 25.6 Å². The largest absolute Gasteiger partial charge is 0.383 e. The molecule has 19 heavy (non-hydrogen) atoms. The second-order valence-corrected chi connectivity index (χ2v) is 5.41. The Morgan fingerprint density at radius 3 is 3.05 bits per heavy atom. The van der Waals surface area contributed by atoms with E-state index in [9.17, 15) is 4.79 Å². The zero-order valence-electron chi connectivity index (χ0n) is 11.3. The number of alkyl halides is 1. The van der Waals surface area contributed by atoms with Crippen LogP contribution in [-0.4, -0.2) is 56.2 Å². The van der Waals surface area contributed by atoms with Crippen LogP contribution in [0, 0.1) is 0 Å². The van der Waals surface area contributed by atoms with Crippen LogP contribution >= 0.6 is 22.9 Å². The predicted octanol–water partition coefficient (Wildman–Crippen LogP) is 1.12. The van der Waals surface area contributed by atoms with Crippen molar-refractivity contribution >= 4 is 28.8 Å². The van der Waals surface area contributed by atoms with Gasteiger partial charge in [-0.05, 0) is 7.05 Å². The summed E-state index contributed by atoms with van der Waals surface area (Å²) in [5, 5.41) is 5.82. The van der Waals surface area contributed by atoms with Gasteiger partial charge in [0.1, 0.15) is 0 Å². The molecule has 0 saturated heterocycles. The Morgan fingerprint density at radius 2 is 2.42 bits per heavy atom. The Kier molecular flexibility index (Phi) is 7.97. The smallest absolute Gasteiger partial charge is 0.234 e. The molecule has 0 saturated carbocycles. The van der Waals surface area contributed by atoms with E-state index in [1.54, 1.807) is 18.4 Å². The van der Waals surface area contributed by atoms with Crippen molar-refractivity contribution in [3.8, 4) is 0 Å². The fourth-order valence-electron chi connectivity index (χ4n) is 1.48. The van der Waals surface area contributed by atoms with E-state index in [-0.39, 0.29) is 5.91 Å². The molecule has 0 aliphatic carbocycles. The minimum absolute atomic E-state index is 0.0140. The van der Waals surface area contributed by atoms with Crippen molar-refractivity contribution in [2.24, 2.45) is 0 Å². The summed E-state index contributed by atoms with van der Waals surface area (Å²) in [6, 6.07) is 0. The number of methoxy groups -OCH3 is 1. The van der Waals surface area contributed by atoms with Gasteiger partial charge in [-0.1, -0.05) is 0 Å². The summed E-state index contributed by atoms with van der Waals surface area (Å²) in [7, 11) is 3.54. The molecule has 0 bridgehead atoms. The molecule has 0 aromatic carbocycles. The van der Waals surface area contributed by atoms with Gasteiger partial charge < -0.3 is 10.1 Å². The maximum absolute atomic E-state index is 11.6. The summed E-state index contributed by atoms with van der Waals surface area (Å²) in [4.78, 5) is 17.9. The monoisotopic (exact) mass is 305 g/mol. The summed E-state index contributed by atoms with van der Waals surface area (Å²) in [5.41, 5.74) is 0.918. The number of carbonyl (C=O) groups is 1. The van der Waals surface area contributed by atoms with Gasteiger partial charge in [-0.3, -0.25) is 9.69 Å². The number of rotatable bonds is 9. The highest BCUT2D eigenvalue weighted by Gasteiger charge is 2.07. The van der Waals surface area contributed by atoms with Gasteiger partial charge in [0.05, 0.1) is 29.7 Å². The molecule has 0 radical (unpaired) electrons. The molecule has 0 spiro atoms. The van der Waals surface area contributed by atoms with Gasteiger partial charge in [0.2, 0.25) is 5.91 Å². The molecule has 1 aromatic heterocycles. The highest BCUT2D eigenvalue weighted by Crippen LogP contribution is 2.12. The minimum atomic E-state index is 0.0140. The molecular formula is C12H20ClN3O2S. The quantitative estimate of drug-likeness (QED) is 0.549. The number of thiazole rings is 1. The molecule has 0 unspecified atom stereocenters. The second kappa shape index (κ2) is 9.25. The first-order valence-corrected chi connectivity index (χ1v) is 7.50. The van der Waals surface area contributed by atoms with E-state index in [1.165, 1.54) is 0 Å². The van der Waals surface area contributed by atoms with E-state index in [4.69, 9.17) is 16.3 Å². The molecule has 1 N–H and O–H groups in total. The molecule has 1 rings (SSSR count). The van der Waals surface area contributed by atoms with E-state index in [2.05, 4.69) is 10.3 Å². The van der Waals surface area contributed by atoms with Crippen LogP contribution in [0.3, 0.4) is 0 Å². The van der Waals surface area contributed by atoms with Gasteiger partial charge in [0, 0.05) is 32.0 Å². The number of ether oxygens (including phenoxy) is 1. The van der Waals surface area contributed by atoms with Crippen molar-refractivity contribution in [3.63, 3.8) is 0 Å². The normalized spacial score (nSPS) is 10.9. The molecule has 7 heteroatoms. The average molecular weight is 306 g/mol. The predicted molar refractivity (Wildman–Crippen MR) is 77.8 cm³/mol. The van der Waals surface area contributed by atoms with Crippen LogP contribution in [0.4, 0.5) is 0 Å². The first-order chi connectivity index (χ1) is 9.15. The number of hydrogen-bond donors (Lipinski definition) is 1. The zero-order valence-corrected chi connectivity index (χ0v) is 12.9. The zero-order chi connectivity index (χ0) is 14.1. The molecule has 0 aliphatic heterocycles. The fourth-order valence-corrected chi connectivity index (χ4v) is 2.50. The van der Waals surface area contributed by atoms with Crippen molar-refractivity contribution in [2.75, 3.05) is 40.4 Å². The van der Waals surface area contributed by atoms with Crippen molar-refractivity contribution in [3.05, 3.63) is 16.1 Å². The standard InChI is InChI=1S/C12H20ClN3O2S/c1-16(8-11(17)14-4-6-18-2)5-3-12-15-10(7-13)9-19-12/h9H,3-8H2,1-2H3,(H,14,17). The topological polar surface area (TPSA) is 54.5 Å². The van der Waals surface area contributed by atoms with Crippen molar-refractivity contribution in [1.29, 1.82) is 0 Å². The van der Waals surface area contributed by atoms with E-state index in [1.807, 2.05) is 17.3 Å². The van der Waals surface area contributed by atoms with Crippen molar-refractivity contribution in [1.82, 2.24) is 15.2 Å². The Labute approximate surface area is 122 Å². The van der Waals surface area contributed by atoms with Crippen LogP contribution in [0.2, 0.25) is 0 Å². The first-order valence-electron chi connectivity index (χ1n) is 6.09. The molecule has 0 fully saturated rings. The summed E-state index contributed by atoms with van der Waals surface area (Å²) < 4.78 is 4.87. The first kappa shape index (κ1) is 16.4. The average Bonchev–Trinajstić information content (AvgIpc) is 2.84. The summed E-state index contributed by atoms with van der Waals surface area (Å²) in [6.45, 7) is 2.27. The van der Waals surface area contributed by atoms with Crippen LogP contribution in [0.15, 0.2) is 5.38 Å². The third kappa shape index (κ3) is 6.87. The molecular weight excluding hydrogens is 286 g/mol. The second-order valence-electron chi connectivity index (χ2n) is 4.20. The lowest BCUT2D eigenvalue weighted by molar-refractivity contribution is -0.122. The molecule has 108 valence electrons. The SMILES string of the molecule is COCCNC(=O)CN(C)CCc1nc(CCl)cs1. The number of nitrogens with zero attached hydrogens (tertiary/aromatic N) is 2. The number of amides is 1. The van der Waals surface area contributed by atoms with Crippen LogP contribution < -0.4 is 5.32 Å². The Hall–Kier alpha value is -0.690. The van der Waals surface area contributed by atoms with E-state index < -0.39 is 0 Å². The summed E-state index contributed by atoms with van der Waals surface area (Å²) >= 11 is 7.32. The molecule has 0 atom stereocenters. The van der Waals surface area contributed by atoms with Gasteiger partial charge in [0.15, 0.2) is 0 Å². The number of carbonyl (C=O) groups excluding carboxylic acids is 1. The number of likely N-dealkylation sites (N-methyl/N-ethyl adjacent to an activating group) is 1. The van der Waals surface area contributed by atoms with Crippen LogP contribution in [0.1, 0.15) is 10.7 Å². The van der Waals surface area contributed by atoms with Gasteiger partial charge in [-0.2, -0.15) is 0 Å². The lowest BCUT2D eigenvalue weighted by Crippen LogP contribution is -2.37. The van der Waals surface area contributed by atoms with Crippen molar-refractivity contribution in [2.45, 2.75) is 12.3 Å². The molecule has 1 heterocycles.